The molecule has 2 fully saturated rings. The lowest BCUT2D eigenvalue weighted by Gasteiger charge is -2.20. The highest BCUT2D eigenvalue weighted by Gasteiger charge is 2.72. The molecule has 0 aromatic carbocycles. The van der Waals surface area contributed by atoms with Gasteiger partial charge in [-0.3, -0.25) is 4.74 Å². The van der Waals surface area contributed by atoms with Gasteiger partial charge in [-0.25, -0.2) is 0 Å². The summed E-state index contributed by atoms with van der Waals surface area (Å²) in [5.74, 6) is 5.06. The van der Waals surface area contributed by atoms with Gasteiger partial charge in [0.15, 0.2) is 11.9 Å². The SMILES string of the molecule is CC1(C)O[C@@H]2[C@@H](O[P+]([O])(O[NH3+])O[NH3+])[C@@H]([C@H](O)CO)[O+][C@@H]2O1. The number of fused-ring (bicyclic) bond motifs is 1. The molecule has 0 aromatic heterocycles. The fourth-order valence-corrected chi connectivity index (χ4v) is 3.02. The fourth-order valence-electron chi connectivity index (χ4n) is 2.28. The first-order chi connectivity index (χ1) is 9.75. The molecule has 0 saturated carbocycles. The minimum atomic E-state index is -4.04. The van der Waals surface area contributed by atoms with E-state index < -0.39 is 51.3 Å². The Morgan fingerprint density at radius 1 is 1.38 bits per heavy atom. The van der Waals surface area contributed by atoms with Gasteiger partial charge in [-0.1, -0.05) is 0 Å². The maximum absolute atomic E-state index is 12.0. The lowest BCUT2D eigenvalue weighted by atomic mass is 10.1. The zero-order chi connectivity index (χ0) is 15.8. The van der Waals surface area contributed by atoms with E-state index in [0.717, 1.165) is 0 Å². The largest absolute Gasteiger partial charge is 0.720 e. The molecule has 0 unspecified atom stereocenters. The van der Waals surface area contributed by atoms with Gasteiger partial charge in [-0.2, -0.15) is 11.8 Å². The van der Waals surface area contributed by atoms with Crippen LogP contribution in [0.5, 0.6) is 0 Å². The molecule has 0 spiro atoms. The normalized spacial score (nSPS) is 36.7. The van der Waals surface area contributed by atoms with E-state index in [0.29, 0.717) is 0 Å². The third-order valence-electron chi connectivity index (χ3n) is 3.16. The number of quaternary nitrogens is 2. The van der Waals surface area contributed by atoms with E-state index >= 15 is 0 Å². The Bertz CT molecular complexity index is 369. The van der Waals surface area contributed by atoms with Crippen LogP contribution >= 0.6 is 8.17 Å². The molecular formula is C9H21N2O9P+4. The van der Waals surface area contributed by atoms with Gasteiger partial charge in [-0.15, -0.1) is 9.26 Å². The summed E-state index contributed by atoms with van der Waals surface area (Å²) < 4.78 is 30.6. The number of aliphatic hydroxyl groups excluding tert-OH is 2. The van der Waals surface area contributed by atoms with E-state index in [4.69, 9.17) is 23.8 Å². The van der Waals surface area contributed by atoms with Crippen LogP contribution in [0.4, 0.5) is 0 Å². The van der Waals surface area contributed by atoms with Crippen molar-refractivity contribution in [2.24, 2.45) is 0 Å². The quantitative estimate of drug-likeness (QED) is 0.227. The number of hydrogen-bond donors (Lipinski definition) is 4. The summed E-state index contributed by atoms with van der Waals surface area (Å²) in [6.45, 7) is 2.74. The van der Waals surface area contributed by atoms with Crippen molar-refractivity contribution in [2.45, 2.75) is 50.3 Å². The van der Waals surface area contributed by atoms with Gasteiger partial charge < -0.3 is 14.9 Å². The highest BCUT2D eigenvalue weighted by atomic mass is 31.2. The molecule has 11 nitrogen and oxygen atoms in total. The van der Waals surface area contributed by atoms with Gasteiger partial charge in [0.1, 0.15) is 0 Å². The predicted octanol–water partition coefficient (Wildman–Crippen LogP) is -2.94. The van der Waals surface area contributed by atoms with Crippen molar-refractivity contribution in [3.63, 3.8) is 0 Å². The van der Waals surface area contributed by atoms with Crippen LogP contribution in [0, 0.1) is 0 Å². The van der Waals surface area contributed by atoms with Crippen LogP contribution in [0.3, 0.4) is 0 Å². The monoisotopic (exact) mass is 332 g/mol. The molecule has 2 radical (unpaired) electrons. The maximum atomic E-state index is 12.0. The summed E-state index contributed by atoms with van der Waals surface area (Å²) in [4.78, 5) is 12.0. The first-order valence-corrected chi connectivity index (χ1v) is 7.67. The molecule has 5 atom stereocenters. The Morgan fingerprint density at radius 2 is 2.00 bits per heavy atom. The summed E-state index contributed by atoms with van der Waals surface area (Å²) >= 11 is 0. The second-order valence-corrected chi connectivity index (χ2v) is 6.72. The first-order valence-electron chi connectivity index (χ1n) is 6.21. The smallest absolute Gasteiger partial charge is 0.393 e. The minimum absolute atomic E-state index is 0.589. The van der Waals surface area contributed by atoms with E-state index in [9.17, 15) is 10.00 Å². The van der Waals surface area contributed by atoms with Crippen molar-refractivity contribution < 1.29 is 54.9 Å². The van der Waals surface area contributed by atoms with E-state index in [1.165, 1.54) is 0 Å². The molecule has 2 rings (SSSR count). The highest BCUT2D eigenvalue weighted by Crippen LogP contribution is 2.58. The van der Waals surface area contributed by atoms with Crippen molar-refractivity contribution in [1.82, 2.24) is 0 Å². The molecule has 0 aliphatic carbocycles. The van der Waals surface area contributed by atoms with E-state index in [2.05, 4.69) is 21.0 Å². The summed E-state index contributed by atoms with van der Waals surface area (Å²) in [6, 6.07) is 0. The van der Waals surface area contributed by atoms with Crippen molar-refractivity contribution in [3.05, 3.63) is 0 Å². The lowest BCUT2D eigenvalue weighted by molar-refractivity contribution is -0.689. The number of rotatable bonds is 6. The Labute approximate surface area is 121 Å². The van der Waals surface area contributed by atoms with Crippen LogP contribution in [0.1, 0.15) is 13.8 Å². The van der Waals surface area contributed by atoms with Gasteiger partial charge >= 0.3 is 14.5 Å². The van der Waals surface area contributed by atoms with Crippen LogP contribution in [0.25, 0.3) is 0 Å². The van der Waals surface area contributed by atoms with Gasteiger partial charge in [0.05, 0.1) is 11.5 Å². The molecule has 122 valence electrons. The molecule has 2 aliphatic rings. The average Bonchev–Trinajstić information content (AvgIpc) is 2.91. The van der Waals surface area contributed by atoms with Crippen molar-refractivity contribution in [2.75, 3.05) is 6.61 Å². The Balaban J connectivity index is 2.19. The predicted molar refractivity (Wildman–Crippen MR) is 62.2 cm³/mol. The first kappa shape index (κ1) is 17.3. The fraction of sp³-hybridized carbons (Fsp3) is 1.00. The zero-order valence-electron chi connectivity index (χ0n) is 11.7. The summed E-state index contributed by atoms with van der Waals surface area (Å²) in [7, 11) is -4.04. The van der Waals surface area contributed by atoms with Crippen LogP contribution in [0.15, 0.2) is 0 Å². The van der Waals surface area contributed by atoms with Crippen LogP contribution < -0.4 is 11.8 Å². The number of ether oxygens (including phenoxy) is 3. The summed E-state index contributed by atoms with van der Waals surface area (Å²) in [5, 5.41) is 18.9. The minimum Gasteiger partial charge on any atom is -0.393 e. The molecule has 0 aromatic rings. The third kappa shape index (κ3) is 3.50. The number of aliphatic hydroxyl groups is 2. The molecule has 2 heterocycles. The summed E-state index contributed by atoms with van der Waals surface area (Å²) in [5.41, 5.74) is 0. The molecule has 0 amide bonds. The molecule has 2 aliphatic heterocycles. The lowest BCUT2D eigenvalue weighted by Crippen LogP contribution is -2.56. The molecular weight excluding hydrogens is 311 g/mol. The van der Waals surface area contributed by atoms with Crippen LogP contribution in [0.2, 0.25) is 0 Å². The van der Waals surface area contributed by atoms with Crippen LogP contribution in [-0.2, 0) is 32.9 Å². The Morgan fingerprint density at radius 3 is 2.52 bits per heavy atom. The Hall–Kier alpha value is -0.0100. The van der Waals surface area contributed by atoms with Crippen molar-refractivity contribution in [3.8, 4) is 0 Å². The molecule has 21 heavy (non-hydrogen) atoms. The average molecular weight is 332 g/mol. The van der Waals surface area contributed by atoms with E-state index in [1.807, 2.05) is 0 Å². The van der Waals surface area contributed by atoms with Gasteiger partial charge in [0, 0.05) is 9.25 Å². The van der Waals surface area contributed by atoms with Gasteiger partial charge in [0.2, 0.25) is 12.2 Å². The topological polar surface area (TPSA) is 173 Å². The molecule has 12 heteroatoms. The molecule has 0 bridgehead atoms. The second kappa shape index (κ2) is 6.24. The van der Waals surface area contributed by atoms with Crippen LogP contribution in [-0.4, -0.2) is 53.3 Å². The second-order valence-electron chi connectivity index (χ2n) is 5.09. The van der Waals surface area contributed by atoms with Crippen molar-refractivity contribution >= 4 is 8.17 Å². The standard InChI is InChI=1S/C9H21N2O9P/c1-9(2)16-7-6(18-21(14,19-10)20-11)5(4(13)3-12)15-8(7)17-9/h4-8,12-13H,3H2,1-2,10-11H3/q+4/t4-,5-,6+,7-,8-/m1/s1. The highest BCUT2D eigenvalue weighted by molar-refractivity contribution is 7.54. The molecule has 8 N–H and O–H groups in total. The molecule has 2 saturated heterocycles. The van der Waals surface area contributed by atoms with Crippen molar-refractivity contribution in [1.29, 1.82) is 0 Å². The third-order valence-corrected chi connectivity index (χ3v) is 4.29. The number of hydrogen-bond acceptors (Lipinski definition) is 8. The Kier molecular flexibility index (Phi) is 5.15. The van der Waals surface area contributed by atoms with E-state index in [-0.39, 0.29) is 0 Å². The van der Waals surface area contributed by atoms with Gasteiger partial charge in [0.25, 0.3) is 6.10 Å². The summed E-state index contributed by atoms with van der Waals surface area (Å²) in [6.07, 6.45) is -5.03. The zero-order valence-corrected chi connectivity index (χ0v) is 12.6. The maximum Gasteiger partial charge on any atom is 0.720 e. The van der Waals surface area contributed by atoms with E-state index in [1.54, 1.807) is 13.8 Å². The van der Waals surface area contributed by atoms with Gasteiger partial charge in [-0.05, 0) is 13.8 Å².